The molecule has 0 radical (unpaired) electrons. The second kappa shape index (κ2) is 8.66. The zero-order valence-electron chi connectivity index (χ0n) is 18.1. The van der Waals surface area contributed by atoms with Crippen molar-refractivity contribution in [2.75, 3.05) is 19.7 Å². The lowest BCUT2D eigenvalue weighted by molar-refractivity contribution is -0.168. The summed E-state index contributed by atoms with van der Waals surface area (Å²) in [4.78, 5) is 29.4. The summed E-state index contributed by atoms with van der Waals surface area (Å²) in [5.74, 6) is -0.239. The lowest BCUT2D eigenvalue weighted by Gasteiger charge is -2.59. The number of fused-ring (bicyclic) bond motifs is 1. The SMILES string of the molecule is O=C(C1CCCCC1)N1CC(=O)N2[C@H](CO)[C@H](c3ccc(-c4ccccc4F)cc3)[C@@H]2C1. The number of carbonyl (C=O) groups excluding carboxylic acids is 2. The number of aliphatic hydroxyl groups is 1. The van der Waals surface area contributed by atoms with Gasteiger partial charge in [-0.15, -0.1) is 0 Å². The first kappa shape index (κ1) is 21.1. The number of nitrogens with zero attached hydrogens (tertiary/aromatic N) is 2. The molecule has 3 aliphatic rings. The Hall–Kier alpha value is -2.73. The van der Waals surface area contributed by atoms with Crippen LogP contribution in [0.4, 0.5) is 4.39 Å². The molecule has 3 atom stereocenters. The minimum Gasteiger partial charge on any atom is -0.394 e. The van der Waals surface area contributed by atoms with Gasteiger partial charge >= 0.3 is 0 Å². The zero-order valence-corrected chi connectivity index (χ0v) is 18.1. The summed E-state index contributed by atoms with van der Waals surface area (Å²) in [5, 5.41) is 10.00. The number of halogens is 1. The van der Waals surface area contributed by atoms with Crippen molar-refractivity contribution in [1.82, 2.24) is 9.80 Å². The van der Waals surface area contributed by atoms with Gasteiger partial charge < -0.3 is 14.9 Å². The molecule has 2 aromatic rings. The second-order valence-corrected chi connectivity index (χ2v) is 9.30. The topological polar surface area (TPSA) is 60.9 Å². The van der Waals surface area contributed by atoms with E-state index >= 15 is 0 Å². The molecule has 0 aromatic heterocycles. The van der Waals surface area contributed by atoms with Crippen molar-refractivity contribution in [2.24, 2.45) is 5.92 Å². The summed E-state index contributed by atoms with van der Waals surface area (Å²) in [6.45, 7) is 0.511. The van der Waals surface area contributed by atoms with E-state index in [-0.39, 0.29) is 54.7 Å². The highest BCUT2D eigenvalue weighted by Gasteiger charge is 2.54. The molecule has 32 heavy (non-hydrogen) atoms. The molecule has 0 bridgehead atoms. The molecule has 3 fully saturated rings. The Morgan fingerprint density at radius 1 is 1.03 bits per heavy atom. The van der Waals surface area contributed by atoms with Gasteiger partial charge in [0.1, 0.15) is 5.82 Å². The molecule has 1 saturated carbocycles. The standard InChI is InChI=1S/C26H29FN2O3/c27-21-9-5-4-8-20(21)17-10-12-18(13-11-17)25-22-14-28(15-24(31)29(22)23(25)16-30)26(32)19-6-2-1-3-7-19/h4-5,8-13,19,22-23,25,30H,1-3,6-7,14-16H2/t22-,23+,25+/m0/s1. The fourth-order valence-corrected chi connectivity index (χ4v) is 5.86. The summed E-state index contributed by atoms with van der Waals surface area (Å²) in [7, 11) is 0. The summed E-state index contributed by atoms with van der Waals surface area (Å²) in [6, 6.07) is 14.0. The van der Waals surface area contributed by atoms with E-state index in [1.165, 1.54) is 12.5 Å². The molecule has 2 aliphatic heterocycles. The molecular formula is C26H29FN2O3. The Morgan fingerprint density at radius 3 is 2.44 bits per heavy atom. The maximum Gasteiger partial charge on any atom is 0.242 e. The molecule has 1 N–H and O–H groups in total. The lowest BCUT2D eigenvalue weighted by atomic mass is 9.73. The first-order valence-corrected chi connectivity index (χ1v) is 11.6. The minimum atomic E-state index is -0.279. The smallest absolute Gasteiger partial charge is 0.242 e. The third-order valence-corrected chi connectivity index (χ3v) is 7.50. The third-order valence-electron chi connectivity index (χ3n) is 7.50. The zero-order chi connectivity index (χ0) is 22.2. The molecule has 5 rings (SSSR count). The molecule has 6 heteroatoms. The van der Waals surface area contributed by atoms with Gasteiger partial charge in [0.05, 0.1) is 25.2 Å². The van der Waals surface area contributed by atoms with Gasteiger partial charge in [-0.05, 0) is 30.0 Å². The Labute approximate surface area is 187 Å². The van der Waals surface area contributed by atoms with Crippen molar-refractivity contribution < 1.29 is 19.1 Å². The van der Waals surface area contributed by atoms with E-state index in [4.69, 9.17) is 0 Å². The van der Waals surface area contributed by atoms with Gasteiger partial charge in [0, 0.05) is 23.9 Å². The average Bonchev–Trinajstić information content (AvgIpc) is 2.81. The molecule has 0 spiro atoms. The fraction of sp³-hybridized carbons (Fsp3) is 0.462. The van der Waals surface area contributed by atoms with Crippen molar-refractivity contribution in [1.29, 1.82) is 0 Å². The first-order chi connectivity index (χ1) is 15.6. The Kier molecular flexibility index (Phi) is 5.72. The molecule has 5 nitrogen and oxygen atoms in total. The van der Waals surface area contributed by atoms with E-state index in [1.807, 2.05) is 30.3 Å². The molecule has 2 saturated heterocycles. The number of aliphatic hydroxyl groups excluding tert-OH is 1. The molecular weight excluding hydrogens is 407 g/mol. The second-order valence-electron chi connectivity index (χ2n) is 9.30. The normalized spacial score (nSPS) is 25.9. The van der Waals surface area contributed by atoms with Crippen molar-refractivity contribution in [3.8, 4) is 11.1 Å². The number of carbonyl (C=O) groups is 2. The minimum absolute atomic E-state index is 0.0373. The van der Waals surface area contributed by atoms with Crippen molar-refractivity contribution >= 4 is 11.8 Å². The van der Waals surface area contributed by atoms with Gasteiger partial charge in [-0.2, -0.15) is 0 Å². The average molecular weight is 437 g/mol. The molecule has 2 amide bonds. The number of piperazine rings is 1. The highest BCUT2D eigenvalue weighted by Crippen LogP contribution is 2.43. The lowest BCUT2D eigenvalue weighted by Crippen LogP contribution is -2.73. The van der Waals surface area contributed by atoms with E-state index in [2.05, 4.69) is 0 Å². The van der Waals surface area contributed by atoms with Gasteiger partial charge in [-0.3, -0.25) is 9.59 Å². The van der Waals surface area contributed by atoms with Crippen LogP contribution in [-0.4, -0.2) is 58.5 Å². The number of rotatable bonds is 4. The predicted molar refractivity (Wildman–Crippen MR) is 119 cm³/mol. The fourth-order valence-electron chi connectivity index (χ4n) is 5.86. The Morgan fingerprint density at radius 2 is 1.75 bits per heavy atom. The molecule has 168 valence electrons. The van der Waals surface area contributed by atoms with Crippen LogP contribution in [0.15, 0.2) is 48.5 Å². The van der Waals surface area contributed by atoms with Crippen LogP contribution in [0.3, 0.4) is 0 Å². The van der Waals surface area contributed by atoms with Crippen LogP contribution in [0.25, 0.3) is 11.1 Å². The van der Waals surface area contributed by atoms with Crippen molar-refractivity contribution in [2.45, 2.75) is 50.1 Å². The molecule has 0 unspecified atom stereocenters. The third kappa shape index (κ3) is 3.60. The quantitative estimate of drug-likeness (QED) is 0.797. The number of hydrogen-bond acceptors (Lipinski definition) is 3. The maximum atomic E-state index is 14.2. The van der Waals surface area contributed by atoms with Crippen LogP contribution in [0, 0.1) is 11.7 Å². The summed E-state index contributed by atoms with van der Waals surface area (Å²) >= 11 is 0. The molecule has 2 heterocycles. The van der Waals surface area contributed by atoms with Gasteiger partial charge in [0.25, 0.3) is 0 Å². The van der Waals surface area contributed by atoms with Crippen LogP contribution in [0.2, 0.25) is 0 Å². The Bertz CT molecular complexity index is 1000. The monoisotopic (exact) mass is 436 g/mol. The number of hydrogen-bond donors (Lipinski definition) is 1. The summed E-state index contributed by atoms with van der Waals surface area (Å²) in [6.07, 6.45) is 5.17. The maximum absolute atomic E-state index is 14.2. The van der Waals surface area contributed by atoms with Crippen LogP contribution in [0.5, 0.6) is 0 Å². The van der Waals surface area contributed by atoms with Gasteiger partial charge in [-0.25, -0.2) is 4.39 Å². The highest BCUT2D eigenvalue weighted by atomic mass is 19.1. The van der Waals surface area contributed by atoms with Crippen LogP contribution >= 0.6 is 0 Å². The predicted octanol–water partition coefficient (Wildman–Crippen LogP) is 3.57. The number of amides is 2. The van der Waals surface area contributed by atoms with Crippen molar-refractivity contribution in [3.63, 3.8) is 0 Å². The van der Waals surface area contributed by atoms with E-state index in [1.54, 1.807) is 21.9 Å². The summed E-state index contributed by atoms with van der Waals surface area (Å²) in [5.41, 5.74) is 2.34. The van der Waals surface area contributed by atoms with Crippen LogP contribution in [0.1, 0.15) is 43.6 Å². The first-order valence-electron chi connectivity index (χ1n) is 11.6. The van der Waals surface area contributed by atoms with E-state index in [0.29, 0.717) is 12.1 Å². The van der Waals surface area contributed by atoms with E-state index in [0.717, 1.165) is 36.8 Å². The molecule has 2 aromatic carbocycles. The van der Waals surface area contributed by atoms with Crippen LogP contribution < -0.4 is 0 Å². The van der Waals surface area contributed by atoms with Crippen LogP contribution in [-0.2, 0) is 9.59 Å². The van der Waals surface area contributed by atoms with E-state index in [9.17, 15) is 19.1 Å². The van der Waals surface area contributed by atoms with Gasteiger partial charge in [-0.1, -0.05) is 61.7 Å². The van der Waals surface area contributed by atoms with Gasteiger partial charge in [0.15, 0.2) is 0 Å². The molecule has 1 aliphatic carbocycles. The largest absolute Gasteiger partial charge is 0.394 e. The van der Waals surface area contributed by atoms with Crippen molar-refractivity contribution in [3.05, 3.63) is 59.9 Å². The summed E-state index contributed by atoms with van der Waals surface area (Å²) < 4.78 is 14.2. The highest BCUT2D eigenvalue weighted by molar-refractivity contribution is 5.88. The number of benzene rings is 2. The van der Waals surface area contributed by atoms with E-state index < -0.39 is 0 Å². The van der Waals surface area contributed by atoms with Gasteiger partial charge in [0.2, 0.25) is 11.8 Å². The Balaban J connectivity index is 1.36.